The third-order valence-electron chi connectivity index (χ3n) is 4.05. The predicted octanol–water partition coefficient (Wildman–Crippen LogP) is 3.19. The van der Waals surface area contributed by atoms with Crippen LogP contribution in [0.3, 0.4) is 0 Å². The van der Waals surface area contributed by atoms with Crippen LogP contribution in [0.15, 0.2) is 53.4 Å². The number of sulfonamides is 1. The predicted molar refractivity (Wildman–Crippen MR) is 89.8 cm³/mol. The Morgan fingerprint density at radius 1 is 1.04 bits per heavy atom. The van der Waals surface area contributed by atoms with E-state index in [1.54, 1.807) is 6.92 Å². The zero-order valence-electron chi connectivity index (χ0n) is 14.0. The molecule has 0 bridgehead atoms. The van der Waals surface area contributed by atoms with Crippen LogP contribution in [0.4, 0.5) is 13.2 Å². The Morgan fingerprint density at radius 2 is 1.54 bits per heavy atom. The van der Waals surface area contributed by atoms with E-state index in [1.165, 1.54) is 36.2 Å². The van der Waals surface area contributed by atoms with Crippen molar-refractivity contribution >= 4 is 15.9 Å². The maximum Gasteiger partial charge on any atom is 0.416 e. The first-order chi connectivity index (χ1) is 11.9. The molecule has 0 spiro atoms. The summed E-state index contributed by atoms with van der Waals surface area (Å²) in [7, 11) is -2.30. The molecule has 0 saturated heterocycles. The lowest BCUT2D eigenvalue weighted by Crippen LogP contribution is -2.29. The minimum atomic E-state index is -4.47. The standard InChI is InChI=1S/C17H17F3N2O3S/c1-11(12-5-9-15(10-6-12)26(21,24)25)22(2)16(23)13-3-7-14(8-4-13)17(18,19)20/h3-11H,1-2H3,(H2,21,24,25). The highest BCUT2D eigenvalue weighted by molar-refractivity contribution is 7.89. The molecular weight excluding hydrogens is 369 g/mol. The number of primary sulfonamides is 1. The summed E-state index contributed by atoms with van der Waals surface area (Å²) in [5.74, 6) is -0.457. The second-order valence-electron chi connectivity index (χ2n) is 5.78. The normalized spacial score (nSPS) is 13.3. The maximum atomic E-state index is 12.6. The summed E-state index contributed by atoms with van der Waals surface area (Å²) in [6.07, 6.45) is -4.47. The van der Waals surface area contributed by atoms with Gasteiger partial charge in [0.2, 0.25) is 10.0 Å². The van der Waals surface area contributed by atoms with Crippen molar-refractivity contribution in [3.8, 4) is 0 Å². The van der Waals surface area contributed by atoms with Crippen molar-refractivity contribution in [3.05, 3.63) is 65.2 Å². The molecule has 1 atom stereocenters. The number of nitrogens with two attached hydrogens (primary N) is 1. The first-order valence-corrected chi connectivity index (χ1v) is 9.03. The smallest absolute Gasteiger partial charge is 0.335 e. The van der Waals surface area contributed by atoms with E-state index in [0.29, 0.717) is 5.56 Å². The van der Waals surface area contributed by atoms with Gasteiger partial charge in [-0.3, -0.25) is 4.79 Å². The monoisotopic (exact) mass is 386 g/mol. The van der Waals surface area contributed by atoms with E-state index in [0.717, 1.165) is 24.3 Å². The molecule has 2 aromatic carbocycles. The summed E-state index contributed by atoms with van der Waals surface area (Å²) >= 11 is 0. The third kappa shape index (κ3) is 4.41. The van der Waals surface area contributed by atoms with Crippen LogP contribution in [0.2, 0.25) is 0 Å². The van der Waals surface area contributed by atoms with Crippen molar-refractivity contribution in [3.63, 3.8) is 0 Å². The number of amides is 1. The van der Waals surface area contributed by atoms with Crippen LogP contribution >= 0.6 is 0 Å². The zero-order valence-corrected chi connectivity index (χ0v) is 14.8. The summed E-state index contributed by atoms with van der Waals surface area (Å²) in [5.41, 5.74) is -0.0583. The molecule has 0 aromatic heterocycles. The Hall–Kier alpha value is -2.39. The fraction of sp³-hybridized carbons (Fsp3) is 0.235. The van der Waals surface area contributed by atoms with E-state index in [4.69, 9.17) is 5.14 Å². The van der Waals surface area contributed by atoms with Gasteiger partial charge in [0, 0.05) is 12.6 Å². The van der Waals surface area contributed by atoms with Gasteiger partial charge in [-0.15, -0.1) is 0 Å². The Kier molecular flexibility index (Phi) is 5.43. The number of nitrogens with zero attached hydrogens (tertiary/aromatic N) is 1. The number of rotatable bonds is 4. The number of alkyl halides is 3. The van der Waals surface area contributed by atoms with E-state index in [1.807, 2.05) is 0 Å². The molecule has 2 aromatic rings. The molecule has 5 nitrogen and oxygen atoms in total. The van der Waals surface area contributed by atoms with Gasteiger partial charge < -0.3 is 4.90 Å². The van der Waals surface area contributed by atoms with Gasteiger partial charge in [-0.2, -0.15) is 13.2 Å². The minimum Gasteiger partial charge on any atom is -0.335 e. The maximum absolute atomic E-state index is 12.6. The molecule has 0 aliphatic carbocycles. The zero-order chi connectivity index (χ0) is 19.7. The van der Waals surface area contributed by atoms with Crippen molar-refractivity contribution in [2.24, 2.45) is 5.14 Å². The molecule has 9 heteroatoms. The average molecular weight is 386 g/mol. The molecule has 0 aliphatic rings. The van der Waals surface area contributed by atoms with Gasteiger partial charge in [0.1, 0.15) is 0 Å². The van der Waals surface area contributed by atoms with E-state index in [9.17, 15) is 26.4 Å². The summed E-state index contributed by atoms with van der Waals surface area (Å²) in [6.45, 7) is 1.72. The Labute approximate surface area is 149 Å². The highest BCUT2D eigenvalue weighted by Gasteiger charge is 2.30. The minimum absolute atomic E-state index is 0.0508. The van der Waals surface area contributed by atoms with E-state index >= 15 is 0 Å². The van der Waals surface area contributed by atoms with Crippen LogP contribution in [0.1, 0.15) is 34.5 Å². The van der Waals surface area contributed by atoms with Gasteiger partial charge in [-0.05, 0) is 48.9 Å². The molecule has 140 valence electrons. The number of carbonyl (C=O) groups excluding carboxylic acids is 1. The van der Waals surface area contributed by atoms with Crippen molar-refractivity contribution in [1.29, 1.82) is 0 Å². The van der Waals surface area contributed by atoms with Crippen LogP contribution in [-0.4, -0.2) is 26.3 Å². The molecule has 1 amide bonds. The molecule has 0 radical (unpaired) electrons. The van der Waals surface area contributed by atoms with E-state index in [-0.39, 0.29) is 10.5 Å². The molecule has 0 aliphatic heterocycles. The van der Waals surface area contributed by atoms with Crippen molar-refractivity contribution in [2.45, 2.75) is 24.0 Å². The SMILES string of the molecule is CC(c1ccc(S(N)(=O)=O)cc1)N(C)C(=O)c1ccc(C(F)(F)F)cc1. The van der Waals surface area contributed by atoms with Crippen LogP contribution in [-0.2, 0) is 16.2 Å². The van der Waals surface area contributed by atoms with Crippen molar-refractivity contribution < 1.29 is 26.4 Å². The first-order valence-electron chi connectivity index (χ1n) is 7.48. The van der Waals surface area contributed by atoms with Gasteiger partial charge >= 0.3 is 6.18 Å². The highest BCUT2D eigenvalue weighted by atomic mass is 32.2. The highest BCUT2D eigenvalue weighted by Crippen LogP contribution is 2.29. The fourth-order valence-corrected chi connectivity index (χ4v) is 2.86. The molecular formula is C17H17F3N2O3S. The fourth-order valence-electron chi connectivity index (χ4n) is 2.34. The van der Waals surface area contributed by atoms with Gasteiger partial charge in [-0.1, -0.05) is 12.1 Å². The van der Waals surface area contributed by atoms with Crippen molar-refractivity contribution in [2.75, 3.05) is 7.05 Å². The lowest BCUT2D eigenvalue weighted by Gasteiger charge is -2.25. The van der Waals surface area contributed by atoms with Crippen molar-refractivity contribution in [1.82, 2.24) is 4.90 Å². The molecule has 2 rings (SSSR count). The van der Waals surface area contributed by atoms with Gasteiger partial charge in [0.25, 0.3) is 5.91 Å². The summed E-state index contributed by atoms with van der Waals surface area (Å²) < 4.78 is 60.3. The molecule has 0 heterocycles. The van der Waals surface area contributed by atoms with Crippen LogP contribution in [0.5, 0.6) is 0 Å². The lowest BCUT2D eigenvalue weighted by molar-refractivity contribution is -0.137. The number of benzene rings is 2. The number of halogens is 3. The second-order valence-corrected chi connectivity index (χ2v) is 7.34. The molecule has 26 heavy (non-hydrogen) atoms. The van der Waals surface area contributed by atoms with E-state index < -0.39 is 33.7 Å². The van der Waals surface area contributed by atoms with Gasteiger partial charge in [0.05, 0.1) is 16.5 Å². The topological polar surface area (TPSA) is 80.5 Å². The summed E-state index contributed by atoms with van der Waals surface area (Å²) in [4.78, 5) is 13.8. The number of hydrogen-bond acceptors (Lipinski definition) is 3. The van der Waals surface area contributed by atoms with Crippen LogP contribution in [0, 0.1) is 0 Å². The summed E-state index contributed by atoms with van der Waals surface area (Å²) in [6, 6.07) is 9.24. The third-order valence-corrected chi connectivity index (χ3v) is 4.98. The Balaban J connectivity index is 2.19. The number of carbonyl (C=O) groups is 1. The van der Waals surface area contributed by atoms with Gasteiger partial charge in [0.15, 0.2) is 0 Å². The second kappa shape index (κ2) is 7.08. The number of hydrogen-bond donors (Lipinski definition) is 1. The molecule has 1 unspecified atom stereocenters. The van der Waals surface area contributed by atoms with E-state index in [2.05, 4.69) is 0 Å². The first kappa shape index (κ1) is 19.9. The quantitative estimate of drug-likeness (QED) is 0.876. The average Bonchev–Trinajstić information content (AvgIpc) is 2.58. The largest absolute Gasteiger partial charge is 0.416 e. The van der Waals surface area contributed by atoms with Crippen LogP contribution in [0.25, 0.3) is 0 Å². The molecule has 0 saturated carbocycles. The summed E-state index contributed by atoms with van der Waals surface area (Å²) in [5, 5.41) is 5.04. The van der Waals surface area contributed by atoms with Crippen LogP contribution < -0.4 is 5.14 Å². The lowest BCUT2D eigenvalue weighted by atomic mass is 10.1. The molecule has 2 N–H and O–H groups in total. The van der Waals surface area contributed by atoms with Gasteiger partial charge in [-0.25, -0.2) is 13.6 Å². The molecule has 0 fully saturated rings. The Morgan fingerprint density at radius 3 is 1.96 bits per heavy atom. The Bertz CT molecular complexity index is 892.